The number of halogens is 1. The van der Waals surface area contributed by atoms with Gasteiger partial charge in [0, 0.05) is 6.20 Å². The van der Waals surface area contributed by atoms with Crippen molar-refractivity contribution in [2.75, 3.05) is 0 Å². The van der Waals surface area contributed by atoms with Gasteiger partial charge in [-0.15, -0.1) is 17.0 Å². The summed E-state index contributed by atoms with van der Waals surface area (Å²) in [7, 11) is 0. The molecule has 0 aliphatic carbocycles. The zero-order valence-electron chi connectivity index (χ0n) is 5.15. The van der Waals surface area contributed by atoms with E-state index in [4.69, 9.17) is 5.73 Å². The van der Waals surface area contributed by atoms with E-state index >= 15 is 0 Å². The van der Waals surface area contributed by atoms with Crippen LogP contribution in [0.2, 0.25) is 0 Å². The molecule has 1 aromatic rings. The molecule has 1 aromatic heterocycles. The fourth-order valence-electron chi connectivity index (χ4n) is 0.509. The van der Waals surface area contributed by atoms with Crippen molar-refractivity contribution in [3.05, 3.63) is 30.1 Å². The molecule has 0 bridgehead atoms. The van der Waals surface area contributed by atoms with E-state index in [0.29, 0.717) is 5.69 Å². The molecule has 1 amide bonds. The van der Waals surface area contributed by atoms with Crippen molar-refractivity contribution >= 4 is 22.9 Å². The maximum absolute atomic E-state index is 10.4. The second kappa shape index (κ2) is 4.00. The number of rotatable bonds is 1. The van der Waals surface area contributed by atoms with E-state index in [2.05, 4.69) is 4.98 Å². The minimum absolute atomic E-state index is 0. The van der Waals surface area contributed by atoms with Gasteiger partial charge in [0.25, 0.3) is 5.91 Å². The van der Waals surface area contributed by atoms with Crippen molar-refractivity contribution in [1.29, 1.82) is 0 Å². The second-order valence-corrected chi connectivity index (χ2v) is 1.58. The molecule has 2 N–H and O–H groups in total. The number of nitrogens with two attached hydrogens (primary N) is 1. The number of carbonyl (C=O) groups excluding carboxylic acids is 1. The van der Waals surface area contributed by atoms with Crippen LogP contribution >= 0.6 is 17.0 Å². The molecule has 0 unspecified atom stereocenters. The first kappa shape index (κ1) is 9.10. The van der Waals surface area contributed by atoms with Gasteiger partial charge in [-0.25, -0.2) is 0 Å². The highest BCUT2D eigenvalue weighted by Crippen LogP contribution is 1.88. The first-order valence-electron chi connectivity index (χ1n) is 2.51. The first-order valence-corrected chi connectivity index (χ1v) is 2.51. The smallest absolute Gasteiger partial charge is 0.267 e. The number of aromatic nitrogens is 1. The Morgan fingerprint density at radius 3 is 2.50 bits per heavy atom. The van der Waals surface area contributed by atoms with Crippen LogP contribution in [0, 0.1) is 0 Å². The van der Waals surface area contributed by atoms with Crippen LogP contribution in [0.5, 0.6) is 0 Å². The molecule has 10 heavy (non-hydrogen) atoms. The number of amides is 1. The molecule has 0 aromatic carbocycles. The van der Waals surface area contributed by atoms with Gasteiger partial charge in [-0.2, -0.15) is 0 Å². The number of hydrogen-bond donors (Lipinski definition) is 1. The summed E-state index contributed by atoms with van der Waals surface area (Å²) in [5.41, 5.74) is 5.22. The van der Waals surface area contributed by atoms with Crippen molar-refractivity contribution in [3.8, 4) is 0 Å². The predicted octanol–water partition coefficient (Wildman–Crippen LogP) is 0.758. The quantitative estimate of drug-likeness (QED) is 0.732. The third-order valence-corrected chi connectivity index (χ3v) is 0.917. The van der Waals surface area contributed by atoms with Crippen molar-refractivity contribution in [3.63, 3.8) is 0 Å². The molecule has 0 saturated heterocycles. The highest BCUT2D eigenvalue weighted by molar-refractivity contribution is 8.93. The van der Waals surface area contributed by atoms with E-state index in [1.807, 2.05) is 0 Å². The summed E-state index contributed by atoms with van der Waals surface area (Å²) in [4.78, 5) is 14.1. The summed E-state index contributed by atoms with van der Waals surface area (Å²) in [5, 5.41) is 0. The number of carbonyl (C=O) groups is 1. The largest absolute Gasteiger partial charge is 0.364 e. The molecule has 0 saturated carbocycles. The van der Waals surface area contributed by atoms with E-state index in [1.54, 1.807) is 18.2 Å². The molecular weight excluding hydrogens is 196 g/mol. The van der Waals surface area contributed by atoms with Crippen molar-refractivity contribution in [2.24, 2.45) is 5.73 Å². The van der Waals surface area contributed by atoms with Crippen LogP contribution in [-0.2, 0) is 0 Å². The van der Waals surface area contributed by atoms with Gasteiger partial charge >= 0.3 is 0 Å². The highest BCUT2D eigenvalue weighted by atomic mass is 79.9. The second-order valence-electron chi connectivity index (χ2n) is 1.58. The Kier molecular flexibility index (Phi) is 3.64. The van der Waals surface area contributed by atoms with Gasteiger partial charge in [-0.05, 0) is 12.1 Å². The van der Waals surface area contributed by atoms with Crippen molar-refractivity contribution in [2.45, 2.75) is 0 Å². The molecule has 1 rings (SSSR count). The normalized spacial score (nSPS) is 8.00. The summed E-state index contributed by atoms with van der Waals surface area (Å²) in [6.07, 6.45) is 1.53. The standard InChI is InChI=1S/C6H6N2O.BrH/c7-6(9)5-3-1-2-4-8-5;/h1-4H,(H2,7,9);1H. The number of pyridine rings is 1. The lowest BCUT2D eigenvalue weighted by molar-refractivity contribution is 0.0995. The van der Waals surface area contributed by atoms with E-state index in [9.17, 15) is 4.79 Å². The first-order chi connectivity index (χ1) is 4.30. The maximum atomic E-state index is 10.4. The minimum Gasteiger partial charge on any atom is -0.364 e. The Labute approximate surface area is 69.0 Å². The zero-order valence-corrected chi connectivity index (χ0v) is 6.86. The predicted molar refractivity (Wildman–Crippen MR) is 43.1 cm³/mol. The summed E-state index contributed by atoms with van der Waals surface area (Å²) in [5.74, 6) is -0.490. The number of hydrogen-bond acceptors (Lipinski definition) is 2. The number of nitrogens with zero attached hydrogens (tertiary/aromatic N) is 1. The van der Waals surface area contributed by atoms with Crippen LogP contribution in [0.1, 0.15) is 10.5 Å². The lowest BCUT2D eigenvalue weighted by atomic mass is 10.3. The van der Waals surface area contributed by atoms with Gasteiger partial charge in [-0.1, -0.05) is 6.07 Å². The van der Waals surface area contributed by atoms with E-state index in [-0.39, 0.29) is 17.0 Å². The highest BCUT2D eigenvalue weighted by Gasteiger charge is 1.95. The Morgan fingerprint density at radius 2 is 2.20 bits per heavy atom. The maximum Gasteiger partial charge on any atom is 0.267 e. The van der Waals surface area contributed by atoms with Crippen molar-refractivity contribution in [1.82, 2.24) is 4.98 Å². The van der Waals surface area contributed by atoms with Crippen LogP contribution < -0.4 is 5.73 Å². The van der Waals surface area contributed by atoms with Crippen LogP contribution in [0.25, 0.3) is 0 Å². The van der Waals surface area contributed by atoms with Crippen LogP contribution in [0.15, 0.2) is 24.4 Å². The molecule has 1 heterocycles. The molecule has 54 valence electrons. The summed E-state index contributed by atoms with van der Waals surface area (Å²) < 4.78 is 0. The van der Waals surface area contributed by atoms with Gasteiger partial charge in [-0.3, -0.25) is 9.78 Å². The average Bonchev–Trinajstić information content (AvgIpc) is 1.90. The van der Waals surface area contributed by atoms with E-state index in [1.165, 1.54) is 6.20 Å². The van der Waals surface area contributed by atoms with Gasteiger partial charge in [0.2, 0.25) is 0 Å². The van der Waals surface area contributed by atoms with Crippen molar-refractivity contribution < 1.29 is 4.79 Å². The molecule has 0 aliphatic rings. The summed E-state index contributed by atoms with van der Waals surface area (Å²) in [6, 6.07) is 5.02. The van der Waals surface area contributed by atoms with Gasteiger partial charge < -0.3 is 5.73 Å². The Hall–Kier alpha value is -0.900. The lowest BCUT2D eigenvalue weighted by Gasteiger charge is -1.88. The molecule has 0 radical (unpaired) electrons. The van der Waals surface area contributed by atoms with Gasteiger partial charge in [0.05, 0.1) is 0 Å². The zero-order chi connectivity index (χ0) is 6.69. The third-order valence-electron chi connectivity index (χ3n) is 0.917. The Morgan fingerprint density at radius 1 is 1.50 bits per heavy atom. The Bertz CT molecular complexity index is 212. The lowest BCUT2D eigenvalue weighted by Crippen LogP contribution is -2.12. The van der Waals surface area contributed by atoms with E-state index < -0.39 is 5.91 Å². The molecule has 4 heteroatoms. The molecule has 0 fully saturated rings. The van der Waals surface area contributed by atoms with Gasteiger partial charge in [0.15, 0.2) is 0 Å². The molecule has 3 nitrogen and oxygen atoms in total. The Balaban J connectivity index is 0.000000810. The van der Waals surface area contributed by atoms with E-state index in [0.717, 1.165) is 0 Å². The number of primary amides is 1. The van der Waals surface area contributed by atoms with Crippen LogP contribution in [0.4, 0.5) is 0 Å². The molecular formula is C6H7BrN2O. The van der Waals surface area contributed by atoms with Crippen LogP contribution in [-0.4, -0.2) is 10.9 Å². The summed E-state index contributed by atoms with van der Waals surface area (Å²) >= 11 is 0. The third kappa shape index (κ3) is 2.14. The fraction of sp³-hybridized carbons (Fsp3) is 0. The van der Waals surface area contributed by atoms with Crippen LogP contribution in [0.3, 0.4) is 0 Å². The monoisotopic (exact) mass is 202 g/mol. The van der Waals surface area contributed by atoms with Gasteiger partial charge in [0.1, 0.15) is 5.69 Å². The average molecular weight is 203 g/mol. The molecule has 0 aliphatic heterocycles. The topological polar surface area (TPSA) is 56.0 Å². The molecule has 0 atom stereocenters. The molecule has 0 spiro atoms. The minimum atomic E-state index is -0.490. The summed E-state index contributed by atoms with van der Waals surface area (Å²) in [6.45, 7) is 0. The SMILES string of the molecule is Br.NC(=O)c1ccccn1. The fourth-order valence-corrected chi connectivity index (χ4v) is 0.509.